The molecular weight excluding hydrogens is 423 g/mol. The Labute approximate surface area is 180 Å². The molecule has 0 spiro atoms. The van der Waals surface area contributed by atoms with E-state index in [0.29, 0.717) is 11.3 Å². The molecule has 0 saturated heterocycles. The fourth-order valence-corrected chi connectivity index (χ4v) is 3.49. The Morgan fingerprint density at radius 2 is 1.94 bits per heavy atom. The van der Waals surface area contributed by atoms with Gasteiger partial charge in [-0.15, -0.1) is 11.3 Å². The van der Waals surface area contributed by atoms with Crippen molar-refractivity contribution in [2.45, 2.75) is 13.5 Å². The van der Waals surface area contributed by atoms with E-state index < -0.39 is 16.6 Å². The molecule has 1 aromatic heterocycles. The lowest BCUT2D eigenvalue weighted by molar-refractivity contribution is -0.384. The van der Waals surface area contributed by atoms with Crippen LogP contribution in [0, 0.1) is 15.9 Å². The second kappa shape index (κ2) is 9.72. The second-order valence-corrected chi connectivity index (χ2v) is 7.17. The SMILES string of the molecule is CC(=O)N(c1nc(C=CC(=O)NCc2ccc([N+](=O)[O-])cc2)cs1)c1ccccc1F. The Bertz CT molecular complexity index is 1140. The molecule has 0 saturated carbocycles. The average molecular weight is 440 g/mol. The summed E-state index contributed by atoms with van der Waals surface area (Å²) >= 11 is 1.14. The first-order valence-electron chi connectivity index (χ1n) is 9.05. The van der Waals surface area contributed by atoms with Crippen LogP contribution in [0.5, 0.6) is 0 Å². The largest absolute Gasteiger partial charge is 0.348 e. The first-order chi connectivity index (χ1) is 14.8. The fraction of sp³-hybridized carbons (Fsp3) is 0.0952. The molecule has 31 heavy (non-hydrogen) atoms. The van der Waals surface area contributed by atoms with Crippen LogP contribution in [-0.2, 0) is 16.1 Å². The highest BCUT2D eigenvalue weighted by atomic mass is 32.1. The van der Waals surface area contributed by atoms with Gasteiger partial charge in [-0.3, -0.25) is 24.6 Å². The fourth-order valence-electron chi connectivity index (χ4n) is 2.64. The van der Waals surface area contributed by atoms with Crippen molar-refractivity contribution < 1.29 is 18.9 Å². The van der Waals surface area contributed by atoms with E-state index in [2.05, 4.69) is 10.3 Å². The zero-order valence-electron chi connectivity index (χ0n) is 16.3. The molecule has 1 heterocycles. The van der Waals surface area contributed by atoms with Crippen LogP contribution in [0.2, 0.25) is 0 Å². The van der Waals surface area contributed by atoms with Crippen LogP contribution in [-0.4, -0.2) is 21.7 Å². The minimum absolute atomic E-state index is 0.0238. The number of nitrogens with one attached hydrogen (secondary N) is 1. The zero-order chi connectivity index (χ0) is 22.4. The van der Waals surface area contributed by atoms with Gasteiger partial charge in [-0.25, -0.2) is 9.37 Å². The minimum atomic E-state index is -0.546. The molecule has 158 valence electrons. The summed E-state index contributed by atoms with van der Waals surface area (Å²) in [5, 5.41) is 15.2. The summed E-state index contributed by atoms with van der Waals surface area (Å²) in [5.74, 6) is -1.32. The molecule has 0 aliphatic heterocycles. The van der Waals surface area contributed by atoms with Crippen molar-refractivity contribution in [2.24, 2.45) is 0 Å². The quantitative estimate of drug-likeness (QED) is 0.337. The van der Waals surface area contributed by atoms with Gasteiger partial charge in [0.25, 0.3) is 5.69 Å². The number of thiazole rings is 1. The molecule has 0 aliphatic carbocycles. The smallest absolute Gasteiger partial charge is 0.269 e. The Morgan fingerprint density at radius 3 is 2.58 bits per heavy atom. The molecule has 3 aromatic rings. The van der Waals surface area contributed by atoms with Crippen LogP contribution in [0.3, 0.4) is 0 Å². The van der Waals surface area contributed by atoms with Gasteiger partial charge in [0.05, 0.1) is 16.3 Å². The lowest BCUT2D eigenvalue weighted by Gasteiger charge is -2.18. The van der Waals surface area contributed by atoms with Crippen molar-refractivity contribution in [3.05, 3.63) is 87.2 Å². The van der Waals surface area contributed by atoms with E-state index >= 15 is 0 Å². The Balaban J connectivity index is 1.64. The van der Waals surface area contributed by atoms with Gasteiger partial charge < -0.3 is 5.32 Å². The van der Waals surface area contributed by atoms with Gasteiger partial charge in [-0.1, -0.05) is 24.3 Å². The van der Waals surface area contributed by atoms with E-state index in [1.807, 2.05) is 0 Å². The summed E-state index contributed by atoms with van der Waals surface area (Å²) in [6.45, 7) is 1.52. The molecular formula is C21H17FN4O4S. The van der Waals surface area contributed by atoms with Crippen LogP contribution < -0.4 is 10.2 Å². The number of aromatic nitrogens is 1. The maximum atomic E-state index is 14.1. The number of nitrogens with zero attached hydrogens (tertiary/aromatic N) is 3. The summed E-state index contributed by atoms with van der Waals surface area (Å²) in [7, 11) is 0. The molecule has 0 bridgehead atoms. The topological polar surface area (TPSA) is 105 Å². The van der Waals surface area contributed by atoms with Gasteiger partial charge in [0.1, 0.15) is 5.82 Å². The number of hydrogen-bond donors (Lipinski definition) is 1. The van der Waals surface area contributed by atoms with Gasteiger partial charge in [0.15, 0.2) is 5.13 Å². The van der Waals surface area contributed by atoms with Gasteiger partial charge in [-0.05, 0) is 23.8 Å². The van der Waals surface area contributed by atoms with Crippen LogP contribution >= 0.6 is 11.3 Å². The maximum absolute atomic E-state index is 14.1. The summed E-state index contributed by atoms with van der Waals surface area (Å²) in [6, 6.07) is 11.8. The standard InChI is InChI=1S/C21H17FN4O4S/c1-14(27)25(19-5-3-2-4-18(19)22)21-24-16(13-31-21)8-11-20(28)23-12-15-6-9-17(10-7-15)26(29)30/h2-11,13H,12H2,1H3,(H,23,28). The molecule has 8 nitrogen and oxygen atoms in total. The molecule has 2 amide bonds. The Kier molecular flexibility index (Phi) is 6.83. The third kappa shape index (κ3) is 5.58. The number of hydrogen-bond acceptors (Lipinski definition) is 6. The summed E-state index contributed by atoms with van der Waals surface area (Å²) in [6.07, 6.45) is 2.76. The van der Waals surface area contributed by atoms with Crippen molar-refractivity contribution in [2.75, 3.05) is 4.90 Å². The highest BCUT2D eigenvalue weighted by Gasteiger charge is 2.20. The van der Waals surface area contributed by atoms with Crippen LogP contribution in [0.1, 0.15) is 18.2 Å². The molecule has 0 unspecified atom stereocenters. The lowest BCUT2D eigenvalue weighted by atomic mass is 10.2. The van der Waals surface area contributed by atoms with Crippen molar-refractivity contribution in [1.29, 1.82) is 0 Å². The van der Waals surface area contributed by atoms with Crippen molar-refractivity contribution in [1.82, 2.24) is 10.3 Å². The number of para-hydroxylation sites is 1. The predicted octanol–water partition coefficient (Wildman–Crippen LogP) is 4.20. The zero-order valence-corrected chi connectivity index (χ0v) is 17.1. The number of amides is 2. The molecule has 10 heteroatoms. The number of nitro benzene ring substituents is 1. The number of carbonyl (C=O) groups excluding carboxylic acids is 2. The number of nitro groups is 1. The monoisotopic (exact) mass is 440 g/mol. The van der Waals surface area contributed by atoms with Crippen molar-refractivity contribution in [3.63, 3.8) is 0 Å². The maximum Gasteiger partial charge on any atom is 0.269 e. The van der Waals surface area contributed by atoms with Crippen molar-refractivity contribution >= 4 is 45.7 Å². The number of halogens is 1. The molecule has 0 fully saturated rings. The molecule has 0 aliphatic rings. The van der Waals surface area contributed by atoms with E-state index in [9.17, 15) is 24.1 Å². The van der Waals surface area contributed by atoms with Gasteiger partial charge >= 0.3 is 0 Å². The molecule has 0 radical (unpaired) electrons. The summed E-state index contributed by atoms with van der Waals surface area (Å²) in [4.78, 5) is 39.7. The van der Waals surface area contributed by atoms with E-state index in [4.69, 9.17) is 0 Å². The third-order valence-corrected chi connectivity index (χ3v) is 4.97. The van der Waals surface area contributed by atoms with Crippen molar-refractivity contribution in [3.8, 4) is 0 Å². The predicted molar refractivity (Wildman–Crippen MR) is 115 cm³/mol. The highest BCUT2D eigenvalue weighted by molar-refractivity contribution is 7.14. The Hall–Kier alpha value is -3.92. The number of carbonyl (C=O) groups is 2. The van der Waals surface area contributed by atoms with E-state index in [0.717, 1.165) is 11.3 Å². The van der Waals surface area contributed by atoms with Gasteiger partial charge in [-0.2, -0.15) is 0 Å². The van der Waals surface area contributed by atoms with E-state index in [-0.39, 0.29) is 29.0 Å². The third-order valence-electron chi connectivity index (χ3n) is 4.13. The van der Waals surface area contributed by atoms with Gasteiger partial charge in [0, 0.05) is 37.1 Å². The minimum Gasteiger partial charge on any atom is -0.348 e. The number of rotatable bonds is 7. The van der Waals surface area contributed by atoms with Gasteiger partial charge in [0.2, 0.25) is 11.8 Å². The van der Waals surface area contributed by atoms with E-state index in [1.165, 1.54) is 54.3 Å². The van der Waals surface area contributed by atoms with Crippen LogP contribution in [0.25, 0.3) is 6.08 Å². The molecule has 1 N–H and O–H groups in total. The summed E-state index contributed by atoms with van der Waals surface area (Å²) < 4.78 is 14.1. The van der Waals surface area contributed by atoms with Crippen LogP contribution in [0.4, 0.5) is 20.9 Å². The van der Waals surface area contributed by atoms with E-state index in [1.54, 1.807) is 23.6 Å². The van der Waals surface area contributed by atoms with Crippen LogP contribution in [0.15, 0.2) is 60.0 Å². The molecule has 0 atom stereocenters. The number of anilines is 2. The molecule has 2 aromatic carbocycles. The lowest BCUT2D eigenvalue weighted by Crippen LogP contribution is -2.23. The highest BCUT2D eigenvalue weighted by Crippen LogP contribution is 2.30. The number of benzene rings is 2. The first kappa shape index (κ1) is 21.8. The Morgan fingerprint density at radius 1 is 1.23 bits per heavy atom. The number of non-ortho nitro benzene ring substituents is 1. The first-order valence-corrected chi connectivity index (χ1v) is 9.93. The average Bonchev–Trinajstić information content (AvgIpc) is 3.21. The normalized spacial score (nSPS) is 10.8. The second-order valence-electron chi connectivity index (χ2n) is 6.34. The summed E-state index contributed by atoms with van der Waals surface area (Å²) in [5.41, 5.74) is 1.23. The molecule has 3 rings (SSSR count).